The zero-order valence-corrected chi connectivity index (χ0v) is 19.1. The second-order valence-corrected chi connectivity index (χ2v) is 8.18. The summed E-state index contributed by atoms with van der Waals surface area (Å²) in [6, 6.07) is 10.3. The molecular weight excluding hydrogens is 414 g/mol. The second kappa shape index (κ2) is 10.3. The van der Waals surface area contributed by atoms with E-state index in [9.17, 15) is 9.90 Å². The first kappa shape index (κ1) is 23.3. The minimum Gasteiger partial charge on any atom is -0.393 e. The molecule has 8 heteroatoms. The van der Waals surface area contributed by atoms with Crippen molar-refractivity contribution in [3.05, 3.63) is 47.4 Å². The minimum atomic E-state index is -0.263. The molecule has 1 aromatic carbocycles. The number of amidine groups is 1. The molecule has 1 aromatic heterocycles. The Bertz CT molecular complexity index is 914. The molecule has 0 aliphatic carbocycles. The number of carbonyl (C=O) groups excluding carboxylic acids is 1. The first-order chi connectivity index (χ1) is 14.6. The van der Waals surface area contributed by atoms with E-state index in [1.165, 1.54) is 5.56 Å². The fourth-order valence-corrected chi connectivity index (χ4v) is 4.20. The molecule has 2 aromatic rings. The number of aromatic nitrogens is 2. The lowest BCUT2D eigenvalue weighted by atomic mass is 10.1. The maximum absolute atomic E-state index is 13.2. The molecule has 0 saturated heterocycles. The monoisotopic (exact) mass is 445 g/mol. The SMILES string of the molecule is CCCN1C(=O)N2C[C@@H](Cc3ccccc3)N=C2c2[nH]c(CCCC(O)CC)nc21.Cl. The van der Waals surface area contributed by atoms with Crippen molar-refractivity contribution in [1.82, 2.24) is 14.9 Å². The molecule has 0 bridgehead atoms. The third kappa shape index (κ3) is 4.93. The number of fused-ring (bicyclic) bond motifs is 3. The predicted octanol–water partition coefficient (Wildman–Crippen LogP) is 3.95. The van der Waals surface area contributed by atoms with Crippen molar-refractivity contribution in [2.45, 2.75) is 64.5 Å². The van der Waals surface area contributed by atoms with Crippen LogP contribution < -0.4 is 4.90 Å². The number of amides is 2. The maximum atomic E-state index is 13.2. The summed E-state index contributed by atoms with van der Waals surface area (Å²) in [4.78, 5) is 29.9. The van der Waals surface area contributed by atoms with Crippen LogP contribution in [0.2, 0.25) is 0 Å². The number of urea groups is 1. The van der Waals surface area contributed by atoms with E-state index in [1.54, 1.807) is 9.80 Å². The van der Waals surface area contributed by atoms with E-state index in [4.69, 9.17) is 9.98 Å². The fourth-order valence-electron chi connectivity index (χ4n) is 4.20. The third-order valence-electron chi connectivity index (χ3n) is 5.81. The second-order valence-electron chi connectivity index (χ2n) is 8.18. The summed E-state index contributed by atoms with van der Waals surface area (Å²) in [6.45, 7) is 5.29. The van der Waals surface area contributed by atoms with E-state index in [1.807, 2.05) is 25.1 Å². The Morgan fingerprint density at radius 3 is 2.74 bits per heavy atom. The number of carbonyl (C=O) groups is 1. The summed E-state index contributed by atoms with van der Waals surface area (Å²) in [5, 5.41) is 9.81. The molecule has 4 rings (SSSR count). The van der Waals surface area contributed by atoms with E-state index in [0.717, 1.165) is 55.9 Å². The summed E-state index contributed by atoms with van der Waals surface area (Å²) >= 11 is 0. The summed E-state index contributed by atoms with van der Waals surface area (Å²) in [5.74, 6) is 2.27. The van der Waals surface area contributed by atoms with E-state index in [2.05, 4.69) is 24.0 Å². The maximum Gasteiger partial charge on any atom is 0.331 e. The zero-order chi connectivity index (χ0) is 21.1. The Morgan fingerprint density at radius 2 is 2.03 bits per heavy atom. The van der Waals surface area contributed by atoms with Crippen molar-refractivity contribution in [3.8, 4) is 0 Å². The molecule has 2 N–H and O–H groups in total. The fraction of sp³-hybridized carbons (Fsp3) is 0.522. The highest BCUT2D eigenvalue weighted by Gasteiger charge is 2.42. The van der Waals surface area contributed by atoms with Gasteiger partial charge in [-0.05, 0) is 37.7 Å². The van der Waals surface area contributed by atoms with Gasteiger partial charge >= 0.3 is 6.03 Å². The van der Waals surface area contributed by atoms with Crippen molar-refractivity contribution < 1.29 is 9.90 Å². The highest BCUT2D eigenvalue weighted by molar-refractivity contribution is 6.18. The van der Waals surface area contributed by atoms with Gasteiger partial charge in [-0.15, -0.1) is 12.4 Å². The molecule has 0 saturated carbocycles. The van der Waals surface area contributed by atoms with Crippen LogP contribution in [0.3, 0.4) is 0 Å². The molecule has 0 radical (unpaired) electrons. The molecule has 0 fully saturated rings. The number of halogens is 1. The molecule has 2 amide bonds. The number of nitrogens with one attached hydrogen (secondary N) is 1. The number of anilines is 1. The molecular formula is C23H32ClN5O2. The lowest BCUT2D eigenvalue weighted by Crippen LogP contribution is -2.50. The van der Waals surface area contributed by atoms with Gasteiger partial charge in [0.15, 0.2) is 11.7 Å². The molecule has 31 heavy (non-hydrogen) atoms. The van der Waals surface area contributed by atoms with Crippen LogP contribution in [0.5, 0.6) is 0 Å². The van der Waals surface area contributed by atoms with Crippen molar-refractivity contribution in [2.24, 2.45) is 4.99 Å². The number of imidazole rings is 1. The number of hydrogen-bond acceptors (Lipinski definition) is 4. The van der Waals surface area contributed by atoms with Crippen LogP contribution in [0.25, 0.3) is 0 Å². The van der Waals surface area contributed by atoms with Crippen LogP contribution >= 0.6 is 12.4 Å². The number of nitrogens with zero attached hydrogens (tertiary/aromatic N) is 4. The molecule has 2 aliphatic rings. The zero-order valence-electron chi connectivity index (χ0n) is 18.3. The van der Waals surface area contributed by atoms with Gasteiger partial charge in [0.05, 0.1) is 18.7 Å². The van der Waals surface area contributed by atoms with Crippen LogP contribution in [-0.4, -0.2) is 57.1 Å². The van der Waals surface area contributed by atoms with Gasteiger partial charge in [0, 0.05) is 13.0 Å². The Hall–Kier alpha value is -2.38. The van der Waals surface area contributed by atoms with Gasteiger partial charge in [-0.3, -0.25) is 14.8 Å². The van der Waals surface area contributed by atoms with Gasteiger partial charge in [-0.2, -0.15) is 0 Å². The van der Waals surface area contributed by atoms with E-state index in [0.29, 0.717) is 18.9 Å². The van der Waals surface area contributed by atoms with E-state index < -0.39 is 0 Å². The normalized spacial score (nSPS) is 18.4. The molecule has 7 nitrogen and oxygen atoms in total. The van der Waals surface area contributed by atoms with Crippen LogP contribution in [0, 0.1) is 0 Å². The van der Waals surface area contributed by atoms with Gasteiger partial charge in [0.25, 0.3) is 0 Å². The summed E-state index contributed by atoms with van der Waals surface area (Å²) < 4.78 is 0. The van der Waals surface area contributed by atoms with Gasteiger partial charge in [-0.1, -0.05) is 44.2 Å². The highest BCUT2D eigenvalue weighted by Crippen LogP contribution is 2.31. The number of aliphatic hydroxyl groups is 1. The summed E-state index contributed by atoms with van der Waals surface area (Å²) in [6.07, 6.45) is 4.54. The van der Waals surface area contributed by atoms with E-state index >= 15 is 0 Å². The average molecular weight is 446 g/mol. The number of aliphatic hydroxyl groups excluding tert-OH is 1. The molecule has 168 valence electrons. The van der Waals surface area contributed by atoms with Gasteiger partial charge in [-0.25, -0.2) is 9.78 Å². The van der Waals surface area contributed by atoms with Gasteiger partial charge in [0.2, 0.25) is 0 Å². The largest absolute Gasteiger partial charge is 0.393 e. The lowest BCUT2D eigenvalue weighted by molar-refractivity contribution is 0.157. The van der Waals surface area contributed by atoms with Crippen molar-refractivity contribution in [3.63, 3.8) is 0 Å². The Morgan fingerprint density at radius 1 is 1.26 bits per heavy atom. The highest BCUT2D eigenvalue weighted by atomic mass is 35.5. The molecule has 2 atom stereocenters. The lowest BCUT2D eigenvalue weighted by Gasteiger charge is -2.32. The molecule has 2 aliphatic heterocycles. The van der Waals surface area contributed by atoms with E-state index in [-0.39, 0.29) is 30.6 Å². The molecule has 0 spiro atoms. The van der Waals surface area contributed by atoms with Crippen molar-refractivity contribution in [1.29, 1.82) is 0 Å². The topological polar surface area (TPSA) is 84.8 Å². The Kier molecular flexibility index (Phi) is 7.73. The number of benzene rings is 1. The van der Waals surface area contributed by atoms with Crippen LogP contribution in [0.1, 0.15) is 56.6 Å². The standard InChI is InChI=1S/C23H31N5O2.ClH/c1-3-13-27-22-20(25-19(26-22)12-8-11-18(29)4-2)21-24-17(15-28(21)23(27)30)14-16-9-6-5-7-10-16;/h5-7,9-10,17-18,29H,3-4,8,11-15H2,1-2H3,(H,25,26);1H/t17-,18?;/m1./s1. The van der Waals surface area contributed by atoms with Crippen molar-refractivity contribution >= 4 is 30.1 Å². The van der Waals surface area contributed by atoms with Gasteiger partial charge in [0.1, 0.15) is 11.5 Å². The number of rotatable bonds is 9. The average Bonchev–Trinajstić information content (AvgIpc) is 3.36. The van der Waals surface area contributed by atoms with Crippen LogP contribution in [0.4, 0.5) is 10.6 Å². The first-order valence-corrected chi connectivity index (χ1v) is 11.1. The van der Waals surface area contributed by atoms with Crippen molar-refractivity contribution in [2.75, 3.05) is 18.0 Å². The summed E-state index contributed by atoms with van der Waals surface area (Å²) in [5.41, 5.74) is 2.08. The number of aryl methyl sites for hydroxylation is 1. The van der Waals surface area contributed by atoms with Gasteiger partial charge < -0.3 is 10.1 Å². The Balaban J connectivity index is 0.00000272. The quantitative estimate of drug-likeness (QED) is 0.612. The van der Waals surface area contributed by atoms with Crippen LogP contribution in [-0.2, 0) is 12.8 Å². The third-order valence-corrected chi connectivity index (χ3v) is 5.81. The Labute approximate surface area is 190 Å². The smallest absolute Gasteiger partial charge is 0.331 e. The number of hydrogen-bond donors (Lipinski definition) is 2. The minimum absolute atomic E-state index is 0. The number of aromatic amines is 1. The van der Waals surface area contributed by atoms with Crippen LogP contribution in [0.15, 0.2) is 35.3 Å². The number of H-pyrrole nitrogens is 1. The summed E-state index contributed by atoms with van der Waals surface area (Å²) in [7, 11) is 0. The number of aliphatic imine (C=N–C) groups is 1. The first-order valence-electron chi connectivity index (χ1n) is 11.1. The predicted molar refractivity (Wildman–Crippen MR) is 125 cm³/mol. The molecule has 1 unspecified atom stereocenters. The molecule has 3 heterocycles.